The fraction of sp³-hybridized carbons (Fsp3) is 0.500. The first-order valence-corrected chi connectivity index (χ1v) is 8.20. The fourth-order valence-electron chi connectivity index (χ4n) is 3.62. The van der Waals surface area contributed by atoms with E-state index in [1.807, 2.05) is 0 Å². The summed E-state index contributed by atoms with van der Waals surface area (Å²) >= 11 is 0. The summed E-state index contributed by atoms with van der Waals surface area (Å²) in [5, 5.41) is 7.43. The van der Waals surface area contributed by atoms with Gasteiger partial charge in [-0.3, -0.25) is 0 Å². The molecule has 4 nitrogen and oxygen atoms in total. The lowest BCUT2D eigenvalue weighted by atomic mass is 9.96. The zero-order valence-corrected chi connectivity index (χ0v) is 13.4. The van der Waals surface area contributed by atoms with Gasteiger partial charge in [0, 0.05) is 36.8 Å². The van der Waals surface area contributed by atoms with Crippen molar-refractivity contribution in [2.45, 2.75) is 19.3 Å². The zero-order valence-electron chi connectivity index (χ0n) is 13.4. The van der Waals surface area contributed by atoms with Gasteiger partial charge in [0.25, 0.3) is 0 Å². The van der Waals surface area contributed by atoms with Crippen molar-refractivity contribution in [2.75, 3.05) is 38.1 Å². The molecular formula is C18H26N4. The Morgan fingerprint density at radius 3 is 2.77 bits per heavy atom. The molecule has 2 aliphatic heterocycles. The summed E-state index contributed by atoms with van der Waals surface area (Å²) < 4.78 is 0. The standard InChI is InChI=1S/C18H26N4/c1-21-7-4-14(5-8-21)13-22-9-6-16-10-15(2-3-18(16)22)17(11-19)12-20/h2-3,10-12,14,19H,4-9,13,20H2,1H3/b17-12+,19-11?. The lowest BCUT2D eigenvalue weighted by molar-refractivity contribution is 0.222. The van der Waals surface area contributed by atoms with Crippen LogP contribution < -0.4 is 10.6 Å². The molecular weight excluding hydrogens is 272 g/mol. The first kappa shape index (κ1) is 15.1. The third kappa shape index (κ3) is 3.02. The number of likely N-dealkylation sites (tertiary alicyclic amines) is 1. The third-order valence-corrected chi connectivity index (χ3v) is 5.06. The first-order chi connectivity index (χ1) is 10.7. The van der Waals surface area contributed by atoms with Crippen LogP contribution in [0.5, 0.6) is 0 Å². The van der Waals surface area contributed by atoms with Gasteiger partial charge < -0.3 is 20.9 Å². The van der Waals surface area contributed by atoms with Crippen LogP contribution in [0.25, 0.3) is 5.57 Å². The second kappa shape index (κ2) is 6.53. The highest BCUT2D eigenvalue weighted by molar-refractivity contribution is 6.08. The topological polar surface area (TPSA) is 56.4 Å². The van der Waals surface area contributed by atoms with Gasteiger partial charge in [0.05, 0.1) is 0 Å². The minimum atomic E-state index is 0.788. The maximum Gasteiger partial charge on any atom is 0.0400 e. The number of hydrogen-bond donors (Lipinski definition) is 2. The Labute approximate surface area is 133 Å². The predicted molar refractivity (Wildman–Crippen MR) is 93.5 cm³/mol. The van der Waals surface area contributed by atoms with Crippen LogP contribution >= 0.6 is 0 Å². The van der Waals surface area contributed by atoms with Gasteiger partial charge in [-0.15, -0.1) is 0 Å². The minimum Gasteiger partial charge on any atom is -0.404 e. The van der Waals surface area contributed by atoms with E-state index in [0.29, 0.717) is 0 Å². The van der Waals surface area contributed by atoms with Crippen molar-refractivity contribution in [3.05, 3.63) is 35.5 Å². The fourth-order valence-corrected chi connectivity index (χ4v) is 3.62. The van der Waals surface area contributed by atoms with Gasteiger partial charge in [-0.25, -0.2) is 0 Å². The van der Waals surface area contributed by atoms with Gasteiger partial charge >= 0.3 is 0 Å². The second-order valence-corrected chi connectivity index (χ2v) is 6.55. The van der Waals surface area contributed by atoms with E-state index in [4.69, 9.17) is 11.1 Å². The highest BCUT2D eigenvalue weighted by Crippen LogP contribution is 2.32. The van der Waals surface area contributed by atoms with Crippen molar-refractivity contribution in [2.24, 2.45) is 11.7 Å². The molecule has 2 heterocycles. The highest BCUT2D eigenvalue weighted by atomic mass is 15.2. The van der Waals surface area contributed by atoms with E-state index in [0.717, 1.165) is 30.0 Å². The summed E-state index contributed by atoms with van der Waals surface area (Å²) in [6.07, 6.45) is 6.57. The molecule has 0 bridgehead atoms. The zero-order chi connectivity index (χ0) is 15.5. The average Bonchev–Trinajstić information content (AvgIpc) is 2.93. The number of piperidine rings is 1. The van der Waals surface area contributed by atoms with E-state index in [1.54, 1.807) is 0 Å². The number of nitrogens with zero attached hydrogens (tertiary/aromatic N) is 2. The predicted octanol–water partition coefficient (Wildman–Crippen LogP) is 2.34. The molecule has 22 heavy (non-hydrogen) atoms. The van der Waals surface area contributed by atoms with E-state index in [1.165, 1.54) is 56.1 Å². The Kier molecular flexibility index (Phi) is 4.48. The quantitative estimate of drug-likeness (QED) is 0.839. The largest absolute Gasteiger partial charge is 0.404 e. The molecule has 1 fully saturated rings. The number of hydrogen-bond acceptors (Lipinski definition) is 4. The van der Waals surface area contributed by atoms with Gasteiger partial charge in [-0.2, -0.15) is 0 Å². The van der Waals surface area contributed by atoms with Gasteiger partial charge in [0.2, 0.25) is 0 Å². The van der Waals surface area contributed by atoms with Crippen molar-refractivity contribution in [3.63, 3.8) is 0 Å². The number of nitrogens with one attached hydrogen (secondary N) is 1. The molecule has 3 rings (SSSR count). The molecule has 1 aromatic carbocycles. The summed E-state index contributed by atoms with van der Waals surface area (Å²) in [5.41, 5.74) is 10.2. The molecule has 0 unspecified atom stereocenters. The van der Waals surface area contributed by atoms with E-state index in [-0.39, 0.29) is 0 Å². The number of fused-ring (bicyclic) bond motifs is 1. The molecule has 0 aromatic heterocycles. The van der Waals surface area contributed by atoms with Crippen molar-refractivity contribution in [3.8, 4) is 0 Å². The molecule has 1 aromatic rings. The molecule has 3 N–H and O–H groups in total. The summed E-state index contributed by atoms with van der Waals surface area (Å²) in [7, 11) is 2.22. The van der Waals surface area contributed by atoms with Crippen LogP contribution in [0.2, 0.25) is 0 Å². The monoisotopic (exact) mass is 298 g/mol. The van der Waals surface area contributed by atoms with Gasteiger partial charge in [-0.05, 0) is 68.6 Å². The normalized spacial score (nSPS) is 20.2. The van der Waals surface area contributed by atoms with Crippen molar-refractivity contribution < 1.29 is 0 Å². The molecule has 4 heteroatoms. The number of anilines is 1. The van der Waals surface area contributed by atoms with Gasteiger partial charge in [-0.1, -0.05) is 6.07 Å². The third-order valence-electron chi connectivity index (χ3n) is 5.06. The molecule has 0 radical (unpaired) electrons. The van der Waals surface area contributed by atoms with Gasteiger partial charge in [0.1, 0.15) is 0 Å². The van der Waals surface area contributed by atoms with Crippen molar-refractivity contribution in [1.82, 2.24) is 4.90 Å². The highest BCUT2D eigenvalue weighted by Gasteiger charge is 2.24. The Hall–Kier alpha value is -1.81. The van der Waals surface area contributed by atoms with E-state index >= 15 is 0 Å². The first-order valence-electron chi connectivity index (χ1n) is 8.20. The second-order valence-electron chi connectivity index (χ2n) is 6.55. The van der Waals surface area contributed by atoms with Crippen molar-refractivity contribution >= 4 is 17.5 Å². The van der Waals surface area contributed by atoms with E-state index in [2.05, 4.69) is 35.0 Å². The van der Waals surface area contributed by atoms with E-state index < -0.39 is 0 Å². The van der Waals surface area contributed by atoms with Crippen LogP contribution in [-0.2, 0) is 6.42 Å². The van der Waals surface area contributed by atoms with Crippen LogP contribution in [0.15, 0.2) is 24.4 Å². The molecule has 2 aliphatic rings. The number of rotatable bonds is 4. The SMILES string of the molecule is CN1CCC(CN2CCc3cc(/C(C=N)=C/N)ccc32)CC1. The van der Waals surface area contributed by atoms with Crippen LogP contribution in [0.4, 0.5) is 5.69 Å². The molecule has 0 amide bonds. The van der Waals surface area contributed by atoms with Crippen LogP contribution in [0.3, 0.4) is 0 Å². The van der Waals surface area contributed by atoms with E-state index in [9.17, 15) is 0 Å². The number of nitrogens with two attached hydrogens (primary N) is 1. The summed E-state index contributed by atoms with van der Waals surface area (Å²) in [4.78, 5) is 4.98. The maximum atomic E-state index is 7.43. The molecule has 0 spiro atoms. The number of benzene rings is 1. The summed E-state index contributed by atoms with van der Waals surface area (Å²) in [5.74, 6) is 0.822. The summed E-state index contributed by atoms with van der Waals surface area (Å²) in [6, 6.07) is 6.50. The van der Waals surface area contributed by atoms with Crippen molar-refractivity contribution in [1.29, 1.82) is 5.41 Å². The Morgan fingerprint density at radius 2 is 2.09 bits per heavy atom. The average molecular weight is 298 g/mol. The van der Waals surface area contributed by atoms with Crippen LogP contribution in [0, 0.1) is 11.3 Å². The van der Waals surface area contributed by atoms with Crippen LogP contribution in [0.1, 0.15) is 24.0 Å². The molecule has 0 aliphatic carbocycles. The summed E-state index contributed by atoms with van der Waals surface area (Å²) in [6.45, 7) is 4.77. The Bertz CT molecular complexity index is 570. The lowest BCUT2D eigenvalue weighted by Crippen LogP contribution is -2.36. The number of allylic oxidation sites excluding steroid dienone is 1. The smallest absolute Gasteiger partial charge is 0.0400 e. The molecule has 118 valence electrons. The maximum absolute atomic E-state index is 7.43. The van der Waals surface area contributed by atoms with Crippen LogP contribution in [-0.4, -0.2) is 44.3 Å². The molecule has 1 saturated heterocycles. The molecule has 0 atom stereocenters. The molecule has 0 saturated carbocycles. The minimum absolute atomic E-state index is 0.788. The Morgan fingerprint density at radius 1 is 1.32 bits per heavy atom. The lowest BCUT2D eigenvalue weighted by Gasteiger charge is -2.32. The van der Waals surface area contributed by atoms with Gasteiger partial charge in [0.15, 0.2) is 0 Å². The Balaban J connectivity index is 1.71.